The van der Waals surface area contributed by atoms with Crippen molar-refractivity contribution in [2.24, 2.45) is 0 Å². The van der Waals surface area contributed by atoms with E-state index in [9.17, 15) is 5.11 Å². The van der Waals surface area contributed by atoms with Crippen molar-refractivity contribution in [1.82, 2.24) is 0 Å². The highest BCUT2D eigenvalue weighted by molar-refractivity contribution is 5.46. The molecule has 0 unspecified atom stereocenters. The van der Waals surface area contributed by atoms with Crippen molar-refractivity contribution >= 4 is 0 Å². The summed E-state index contributed by atoms with van der Waals surface area (Å²) >= 11 is 0. The van der Waals surface area contributed by atoms with Crippen LogP contribution in [0.15, 0.2) is 42.5 Å². The lowest BCUT2D eigenvalue weighted by Gasteiger charge is -2.26. The van der Waals surface area contributed by atoms with Gasteiger partial charge in [0.1, 0.15) is 11.5 Å². The van der Waals surface area contributed by atoms with Gasteiger partial charge in [-0.1, -0.05) is 85.2 Å². The third-order valence-electron chi connectivity index (χ3n) is 4.41. The summed E-state index contributed by atoms with van der Waals surface area (Å²) in [4.78, 5) is 0. The third-order valence-corrected chi connectivity index (χ3v) is 4.41. The number of hydrogen-bond acceptors (Lipinski definition) is 2. The lowest BCUT2D eigenvalue weighted by Crippen LogP contribution is -2.16. The van der Waals surface area contributed by atoms with Crippen molar-refractivity contribution in [2.45, 2.75) is 78.6 Å². The Morgan fingerprint density at radius 3 is 1.58 bits per heavy atom. The number of hydrogen-bond donors (Lipinski definition) is 2. The van der Waals surface area contributed by atoms with Gasteiger partial charge in [-0.15, -0.1) is 0 Å². The fraction of sp³-hybridized carbons (Fsp3) is 0.500. The standard InChI is InChI=1S/C14H22O.C10H14O/c1-13(2,3)10-8-7-9-11(12(10)15)14(4,5)6;1-2-3-4-9-5-7-10(11)8-6-9/h7-9,15H,1-6H3;5-8,11H,2-4H2,1H3. The molecular weight excluding hydrogens is 320 g/mol. The fourth-order valence-corrected chi connectivity index (χ4v) is 2.80. The molecule has 0 fully saturated rings. The predicted molar refractivity (Wildman–Crippen MR) is 112 cm³/mol. The van der Waals surface area contributed by atoms with Crippen LogP contribution in [0, 0.1) is 0 Å². The van der Waals surface area contributed by atoms with E-state index in [0.717, 1.165) is 17.5 Å². The highest BCUT2D eigenvalue weighted by Gasteiger charge is 2.24. The molecule has 0 aliphatic carbocycles. The van der Waals surface area contributed by atoms with Crippen LogP contribution in [-0.4, -0.2) is 10.2 Å². The molecule has 0 saturated heterocycles. The third kappa shape index (κ3) is 6.74. The zero-order valence-electron chi connectivity index (χ0n) is 17.6. The Bertz CT molecular complexity index is 639. The van der Waals surface area contributed by atoms with Gasteiger partial charge in [0.25, 0.3) is 0 Å². The summed E-state index contributed by atoms with van der Waals surface area (Å²) in [6.07, 6.45) is 3.57. The van der Waals surface area contributed by atoms with E-state index < -0.39 is 0 Å². The summed E-state index contributed by atoms with van der Waals surface area (Å²) in [7, 11) is 0. The molecule has 2 rings (SSSR count). The molecule has 2 nitrogen and oxygen atoms in total. The van der Waals surface area contributed by atoms with Crippen LogP contribution in [0.25, 0.3) is 0 Å². The normalized spacial score (nSPS) is 11.7. The molecule has 26 heavy (non-hydrogen) atoms. The van der Waals surface area contributed by atoms with Gasteiger partial charge in [0.2, 0.25) is 0 Å². The number of para-hydroxylation sites is 1. The van der Waals surface area contributed by atoms with E-state index in [4.69, 9.17) is 5.11 Å². The fourth-order valence-electron chi connectivity index (χ4n) is 2.80. The molecule has 0 spiro atoms. The van der Waals surface area contributed by atoms with Gasteiger partial charge in [0, 0.05) is 0 Å². The van der Waals surface area contributed by atoms with Gasteiger partial charge in [0.05, 0.1) is 0 Å². The second-order valence-electron chi connectivity index (χ2n) is 8.97. The van der Waals surface area contributed by atoms with E-state index in [1.54, 1.807) is 12.1 Å². The molecule has 2 N–H and O–H groups in total. The summed E-state index contributed by atoms with van der Waals surface area (Å²) in [5.74, 6) is 0.808. The Labute approximate surface area is 159 Å². The topological polar surface area (TPSA) is 40.5 Å². The van der Waals surface area contributed by atoms with Crippen LogP contribution in [0.2, 0.25) is 0 Å². The van der Waals surface area contributed by atoms with Crippen LogP contribution in [0.1, 0.15) is 78.0 Å². The first-order valence-corrected chi connectivity index (χ1v) is 9.57. The Hall–Kier alpha value is -1.96. The van der Waals surface area contributed by atoms with Gasteiger partial charge in [-0.05, 0) is 52.5 Å². The van der Waals surface area contributed by atoms with Crippen LogP contribution in [0.5, 0.6) is 11.5 Å². The molecule has 0 saturated carbocycles. The molecule has 0 aliphatic heterocycles. The summed E-state index contributed by atoms with van der Waals surface area (Å²) in [6, 6.07) is 13.5. The van der Waals surface area contributed by atoms with E-state index in [1.165, 1.54) is 18.4 Å². The van der Waals surface area contributed by atoms with Gasteiger partial charge in [-0.3, -0.25) is 0 Å². The first-order valence-electron chi connectivity index (χ1n) is 9.57. The second kappa shape index (κ2) is 9.12. The maximum absolute atomic E-state index is 10.3. The van der Waals surface area contributed by atoms with E-state index in [0.29, 0.717) is 11.5 Å². The molecule has 0 heterocycles. The SMILES string of the molecule is CC(C)(C)c1cccc(C(C)(C)C)c1O.CCCCc1ccc(O)cc1. The van der Waals surface area contributed by atoms with E-state index in [-0.39, 0.29) is 10.8 Å². The number of rotatable bonds is 3. The molecule has 2 aromatic carbocycles. The van der Waals surface area contributed by atoms with Crippen molar-refractivity contribution in [3.05, 3.63) is 59.2 Å². The lowest BCUT2D eigenvalue weighted by molar-refractivity contribution is 0.423. The highest BCUT2D eigenvalue weighted by atomic mass is 16.3. The average molecular weight is 357 g/mol. The van der Waals surface area contributed by atoms with E-state index in [1.807, 2.05) is 30.3 Å². The number of phenols is 2. The molecule has 0 radical (unpaired) electrons. The van der Waals surface area contributed by atoms with Crippen molar-refractivity contribution < 1.29 is 10.2 Å². The summed E-state index contributed by atoms with van der Waals surface area (Å²) in [5.41, 5.74) is 3.34. The number of phenolic OH excluding ortho intramolecular Hbond substituents is 2. The molecular formula is C24H36O2. The van der Waals surface area contributed by atoms with Gasteiger partial charge in [0.15, 0.2) is 0 Å². The smallest absolute Gasteiger partial charge is 0.123 e. The summed E-state index contributed by atoms with van der Waals surface area (Å²) in [5, 5.41) is 19.2. The molecule has 2 heteroatoms. The van der Waals surface area contributed by atoms with Crippen molar-refractivity contribution in [2.75, 3.05) is 0 Å². The minimum atomic E-state index is -0.00859. The number of aryl methyl sites for hydroxylation is 1. The van der Waals surface area contributed by atoms with Gasteiger partial charge >= 0.3 is 0 Å². The maximum Gasteiger partial charge on any atom is 0.123 e. The molecule has 144 valence electrons. The predicted octanol–water partition coefficient (Wildman–Crippen LogP) is 6.72. The first-order chi connectivity index (χ1) is 12.0. The molecule has 0 aliphatic rings. The quantitative estimate of drug-likeness (QED) is 0.640. The number of aromatic hydroxyl groups is 2. The van der Waals surface area contributed by atoms with Crippen LogP contribution in [0.4, 0.5) is 0 Å². The van der Waals surface area contributed by atoms with E-state index >= 15 is 0 Å². The highest BCUT2D eigenvalue weighted by Crippen LogP contribution is 2.38. The minimum Gasteiger partial charge on any atom is -0.508 e. The number of benzene rings is 2. The van der Waals surface area contributed by atoms with Crippen molar-refractivity contribution in [3.8, 4) is 11.5 Å². The van der Waals surface area contributed by atoms with Gasteiger partial charge in [-0.2, -0.15) is 0 Å². The van der Waals surface area contributed by atoms with Crippen molar-refractivity contribution in [3.63, 3.8) is 0 Å². The van der Waals surface area contributed by atoms with Crippen molar-refractivity contribution in [1.29, 1.82) is 0 Å². The molecule has 0 atom stereocenters. The monoisotopic (exact) mass is 356 g/mol. The molecule has 0 aromatic heterocycles. The van der Waals surface area contributed by atoms with Crippen LogP contribution in [0.3, 0.4) is 0 Å². The van der Waals surface area contributed by atoms with Crippen LogP contribution < -0.4 is 0 Å². The van der Waals surface area contributed by atoms with Gasteiger partial charge < -0.3 is 10.2 Å². The lowest BCUT2D eigenvalue weighted by atomic mass is 9.80. The summed E-state index contributed by atoms with van der Waals surface area (Å²) < 4.78 is 0. The largest absolute Gasteiger partial charge is 0.508 e. The Morgan fingerprint density at radius 2 is 1.19 bits per heavy atom. The van der Waals surface area contributed by atoms with E-state index in [2.05, 4.69) is 48.5 Å². The zero-order valence-corrected chi connectivity index (χ0v) is 17.6. The Kier molecular flexibility index (Phi) is 7.74. The second-order valence-corrected chi connectivity index (χ2v) is 8.97. The molecule has 0 bridgehead atoms. The zero-order chi connectivity index (χ0) is 20.0. The minimum absolute atomic E-state index is 0.00859. The molecule has 0 amide bonds. The maximum atomic E-state index is 10.3. The Morgan fingerprint density at radius 1 is 0.731 bits per heavy atom. The first kappa shape index (κ1) is 22.1. The average Bonchev–Trinajstić information content (AvgIpc) is 2.53. The van der Waals surface area contributed by atoms with Gasteiger partial charge in [-0.25, -0.2) is 0 Å². The van der Waals surface area contributed by atoms with Crippen LogP contribution >= 0.6 is 0 Å². The summed E-state index contributed by atoms with van der Waals surface area (Å²) in [6.45, 7) is 14.9. The number of unbranched alkanes of at least 4 members (excludes halogenated alkanes) is 1. The Balaban J connectivity index is 0.000000273. The van der Waals surface area contributed by atoms with Crippen LogP contribution in [-0.2, 0) is 17.3 Å². The molecule has 2 aromatic rings.